The second kappa shape index (κ2) is 11.6. The fourth-order valence-corrected chi connectivity index (χ4v) is 4.50. The first-order chi connectivity index (χ1) is 18.5. The zero-order valence-corrected chi connectivity index (χ0v) is 22.1. The van der Waals surface area contributed by atoms with E-state index in [1.807, 2.05) is 30.6 Å². The number of fused-ring (bicyclic) bond motifs is 1. The molecule has 0 saturated carbocycles. The zero-order chi connectivity index (χ0) is 26.5. The third-order valence-corrected chi connectivity index (χ3v) is 6.58. The molecule has 10 heteroatoms. The van der Waals surface area contributed by atoms with Crippen molar-refractivity contribution in [1.29, 1.82) is 0 Å². The molecule has 0 aliphatic carbocycles. The van der Waals surface area contributed by atoms with Crippen LogP contribution in [0.1, 0.15) is 16.8 Å². The van der Waals surface area contributed by atoms with Crippen LogP contribution in [0.4, 0.5) is 17.5 Å². The Balaban J connectivity index is 1.47. The van der Waals surface area contributed by atoms with Crippen LogP contribution in [0.15, 0.2) is 54.9 Å². The van der Waals surface area contributed by atoms with Gasteiger partial charge in [-0.15, -0.1) is 0 Å². The molecule has 0 radical (unpaired) electrons. The number of hydrogen-bond acceptors (Lipinski definition) is 8. The molecule has 1 aliphatic rings. The van der Waals surface area contributed by atoms with Crippen LogP contribution in [-0.4, -0.2) is 84.3 Å². The van der Waals surface area contributed by atoms with E-state index in [-0.39, 0.29) is 5.91 Å². The first-order valence-electron chi connectivity index (χ1n) is 12.9. The maximum Gasteiger partial charge on any atom is 0.251 e. The maximum absolute atomic E-state index is 11.9. The van der Waals surface area contributed by atoms with Crippen LogP contribution < -0.4 is 15.5 Å². The van der Waals surface area contributed by atoms with Crippen LogP contribution >= 0.6 is 0 Å². The Kier molecular flexibility index (Phi) is 7.81. The van der Waals surface area contributed by atoms with Crippen molar-refractivity contribution in [2.45, 2.75) is 13.0 Å². The number of rotatable bonds is 9. The lowest BCUT2D eigenvalue weighted by molar-refractivity contribution is 0.0963. The van der Waals surface area contributed by atoms with Gasteiger partial charge in [0.25, 0.3) is 5.91 Å². The molecule has 2 aromatic carbocycles. The number of imidazole rings is 1. The minimum atomic E-state index is -0.119. The number of morpholine rings is 1. The summed E-state index contributed by atoms with van der Waals surface area (Å²) in [6.07, 6.45) is 2.96. The van der Waals surface area contributed by atoms with Crippen molar-refractivity contribution in [3.63, 3.8) is 0 Å². The highest BCUT2D eigenvalue weighted by Crippen LogP contribution is 2.28. The second-order valence-electron chi connectivity index (χ2n) is 9.62. The number of benzene rings is 2. The molecule has 2 N–H and O–H groups in total. The highest BCUT2D eigenvalue weighted by molar-refractivity contribution is 5.94. The number of aryl methyl sites for hydroxylation is 1. The SMILES string of the molecule is CNC(=O)c1ccc(Nc2cc(-c3ccc4ncn(CCCN(C)C)c4c3)nc(N3CCOCC3)n2)cc1. The number of nitrogens with one attached hydrogen (secondary N) is 2. The van der Waals surface area contributed by atoms with Gasteiger partial charge in [0.1, 0.15) is 5.82 Å². The Morgan fingerprint density at radius 2 is 1.84 bits per heavy atom. The standard InChI is InChI=1S/C28H34N8O2/c1-29-27(37)20-5-8-22(9-6-20)31-26-18-24(32-28(33-26)35-13-15-38-16-14-35)21-7-10-23-25(17-21)36(19-30-23)12-4-11-34(2)3/h5-10,17-19H,4,11-16H2,1-3H3,(H,29,37)(H,31,32,33). The van der Waals surface area contributed by atoms with Crippen LogP contribution in [0.25, 0.3) is 22.3 Å². The van der Waals surface area contributed by atoms with Gasteiger partial charge in [0.05, 0.1) is 36.3 Å². The number of aromatic nitrogens is 4. The lowest BCUT2D eigenvalue weighted by atomic mass is 10.1. The number of amides is 1. The molecule has 1 amide bonds. The van der Waals surface area contributed by atoms with Gasteiger partial charge in [-0.25, -0.2) is 9.97 Å². The van der Waals surface area contributed by atoms with E-state index in [1.165, 1.54) is 0 Å². The molecule has 0 spiro atoms. The Labute approximate surface area is 222 Å². The summed E-state index contributed by atoms with van der Waals surface area (Å²) < 4.78 is 7.75. The van der Waals surface area contributed by atoms with Crippen molar-refractivity contribution < 1.29 is 9.53 Å². The van der Waals surface area contributed by atoms with E-state index in [0.29, 0.717) is 30.5 Å². The Hall–Kier alpha value is -4.02. The molecule has 2 aromatic heterocycles. The van der Waals surface area contributed by atoms with E-state index in [2.05, 4.69) is 56.2 Å². The molecule has 1 fully saturated rings. The highest BCUT2D eigenvalue weighted by Gasteiger charge is 2.17. The van der Waals surface area contributed by atoms with Gasteiger partial charge in [0.15, 0.2) is 0 Å². The fourth-order valence-electron chi connectivity index (χ4n) is 4.50. The van der Waals surface area contributed by atoms with Crippen molar-refractivity contribution in [2.24, 2.45) is 0 Å². The van der Waals surface area contributed by atoms with Gasteiger partial charge in [0, 0.05) is 49.6 Å². The van der Waals surface area contributed by atoms with Crippen molar-refractivity contribution >= 4 is 34.4 Å². The minimum absolute atomic E-state index is 0.119. The molecule has 4 aromatic rings. The minimum Gasteiger partial charge on any atom is -0.378 e. The topological polar surface area (TPSA) is 100 Å². The van der Waals surface area contributed by atoms with Crippen molar-refractivity contribution in [2.75, 3.05) is 64.2 Å². The number of anilines is 3. The maximum atomic E-state index is 11.9. The second-order valence-corrected chi connectivity index (χ2v) is 9.62. The summed E-state index contributed by atoms with van der Waals surface area (Å²) in [5, 5.41) is 6.04. The molecule has 10 nitrogen and oxygen atoms in total. The number of carbonyl (C=O) groups is 1. The fraction of sp³-hybridized carbons (Fsp3) is 0.357. The van der Waals surface area contributed by atoms with E-state index in [1.54, 1.807) is 19.2 Å². The molecule has 0 atom stereocenters. The number of hydrogen-bond donors (Lipinski definition) is 2. The van der Waals surface area contributed by atoms with Crippen molar-refractivity contribution in [1.82, 2.24) is 29.7 Å². The van der Waals surface area contributed by atoms with Gasteiger partial charge in [-0.1, -0.05) is 6.07 Å². The predicted octanol–water partition coefficient (Wildman–Crippen LogP) is 3.38. The van der Waals surface area contributed by atoms with Crippen LogP contribution in [-0.2, 0) is 11.3 Å². The van der Waals surface area contributed by atoms with E-state index >= 15 is 0 Å². The summed E-state index contributed by atoms with van der Waals surface area (Å²) in [5.74, 6) is 1.23. The normalized spacial score (nSPS) is 13.7. The third-order valence-electron chi connectivity index (χ3n) is 6.58. The number of carbonyl (C=O) groups excluding carboxylic acids is 1. The van der Waals surface area contributed by atoms with Gasteiger partial charge in [0.2, 0.25) is 5.95 Å². The molecule has 5 rings (SSSR count). The van der Waals surface area contributed by atoms with E-state index in [9.17, 15) is 4.79 Å². The van der Waals surface area contributed by atoms with Gasteiger partial charge >= 0.3 is 0 Å². The van der Waals surface area contributed by atoms with E-state index in [0.717, 1.165) is 60.6 Å². The smallest absolute Gasteiger partial charge is 0.251 e. The van der Waals surface area contributed by atoms with Gasteiger partial charge < -0.3 is 29.7 Å². The average molecular weight is 515 g/mol. The number of ether oxygens (including phenoxy) is 1. The Morgan fingerprint density at radius 3 is 2.58 bits per heavy atom. The summed E-state index contributed by atoms with van der Waals surface area (Å²) in [4.78, 5) is 30.6. The van der Waals surface area contributed by atoms with E-state index in [4.69, 9.17) is 14.7 Å². The Morgan fingerprint density at radius 1 is 1.05 bits per heavy atom. The lowest BCUT2D eigenvalue weighted by Crippen LogP contribution is -2.37. The van der Waals surface area contributed by atoms with Crippen LogP contribution in [0.5, 0.6) is 0 Å². The zero-order valence-electron chi connectivity index (χ0n) is 22.1. The molecule has 1 aliphatic heterocycles. The van der Waals surface area contributed by atoms with Crippen molar-refractivity contribution in [3.8, 4) is 11.3 Å². The summed E-state index contributed by atoms with van der Waals surface area (Å²) >= 11 is 0. The summed E-state index contributed by atoms with van der Waals surface area (Å²) in [5.41, 5.74) is 5.33. The molecule has 1 saturated heterocycles. The molecular weight excluding hydrogens is 480 g/mol. The third kappa shape index (κ3) is 5.92. The van der Waals surface area contributed by atoms with Crippen LogP contribution in [0, 0.1) is 0 Å². The van der Waals surface area contributed by atoms with Crippen LogP contribution in [0.2, 0.25) is 0 Å². The predicted molar refractivity (Wildman–Crippen MR) is 150 cm³/mol. The highest BCUT2D eigenvalue weighted by atomic mass is 16.5. The molecular formula is C28H34N8O2. The first kappa shape index (κ1) is 25.6. The summed E-state index contributed by atoms with van der Waals surface area (Å²) in [7, 11) is 5.80. The van der Waals surface area contributed by atoms with Crippen LogP contribution in [0.3, 0.4) is 0 Å². The van der Waals surface area contributed by atoms with Gasteiger partial charge in [-0.05, 0) is 63.5 Å². The quantitative estimate of drug-likeness (QED) is 0.351. The van der Waals surface area contributed by atoms with E-state index < -0.39 is 0 Å². The van der Waals surface area contributed by atoms with Gasteiger partial charge in [-0.2, -0.15) is 4.98 Å². The molecule has 0 bridgehead atoms. The lowest BCUT2D eigenvalue weighted by Gasteiger charge is -2.27. The largest absolute Gasteiger partial charge is 0.378 e. The Bertz CT molecular complexity index is 1390. The number of nitrogens with zero attached hydrogens (tertiary/aromatic N) is 6. The average Bonchev–Trinajstić information content (AvgIpc) is 3.35. The first-order valence-corrected chi connectivity index (χ1v) is 12.9. The summed E-state index contributed by atoms with van der Waals surface area (Å²) in [6.45, 7) is 4.70. The molecule has 0 unspecified atom stereocenters. The summed E-state index contributed by atoms with van der Waals surface area (Å²) in [6, 6.07) is 15.6. The molecule has 198 valence electrons. The van der Waals surface area contributed by atoms with Crippen molar-refractivity contribution in [3.05, 3.63) is 60.4 Å². The molecule has 3 heterocycles. The molecule has 38 heavy (non-hydrogen) atoms. The monoisotopic (exact) mass is 514 g/mol. The van der Waals surface area contributed by atoms with Gasteiger partial charge in [-0.3, -0.25) is 4.79 Å².